The van der Waals surface area contributed by atoms with Gasteiger partial charge in [-0.2, -0.15) is 12.6 Å². The maximum atomic E-state index is 13.5. The summed E-state index contributed by atoms with van der Waals surface area (Å²) >= 11 is 4.17. The SMILES string of the molecule is NC(N)=NCCCC(N)C(=O)NC(Cc1c[nH]c2ccccc12)C(=O)NC(CS)C(=O)NC(CCCN=C(N)N)C(=O)O. The van der Waals surface area contributed by atoms with Gasteiger partial charge in [0.05, 0.1) is 6.04 Å². The molecule has 0 bridgehead atoms. The van der Waals surface area contributed by atoms with Crippen LogP contribution in [-0.2, 0) is 25.6 Å². The van der Waals surface area contributed by atoms with Crippen LogP contribution in [0.5, 0.6) is 0 Å². The van der Waals surface area contributed by atoms with Crippen molar-refractivity contribution in [3.8, 4) is 0 Å². The number of hydrogen-bond acceptors (Lipinski definition) is 8. The molecule has 4 atom stereocenters. The highest BCUT2D eigenvalue weighted by Gasteiger charge is 2.30. The number of nitrogens with one attached hydrogen (secondary N) is 4. The van der Waals surface area contributed by atoms with Gasteiger partial charge in [0.25, 0.3) is 0 Å². The fourth-order valence-electron chi connectivity index (χ4n) is 4.16. The molecule has 4 unspecified atom stereocenters. The Labute approximate surface area is 254 Å². The van der Waals surface area contributed by atoms with Gasteiger partial charge in [-0.05, 0) is 37.3 Å². The van der Waals surface area contributed by atoms with E-state index in [9.17, 15) is 24.3 Å². The average Bonchev–Trinajstić information content (AvgIpc) is 3.37. The van der Waals surface area contributed by atoms with Crippen molar-refractivity contribution in [3.05, 3.63) is 36.0 Å². The normalized spacial score (nSPS) is 13.6. The first kappa shape index (κ1) is 34.7. The quantitative estimate of drug-likeness (QED) is 0.0364. The van der Waals surface area contributed by atoms with Gasteiger partial charge in [-0.15, -0.1) is 0 Å². The third-order valence-electron chi connectivity index (χ3n) is 6.41. The lowest BCUT2D eigenvalue weighted by atomic mass is 10.0. The molecule has 0 aliphatic carbocycles. The Morgan fingerprint density at radius 1 is 0.837 bits per heavy atom. The molecule has 0 fully saturated rings. The third-order valence-corrected chi connectivity index (χ3v) is 6.78. The molecule has 0 spiro atoms. The number of thiol groups is 1. The lowest BCUT2D eigenvalue weighted by molar-refractivity contribution is -0.142. The van der Waals surface area contributed by atoms with Gasteiger partial charge in [0, 0.05) is 42.4 Å². The maximum Gasteiger partial charge on any atom is 0.326 e. The number of aromatic amines is 1. The lowest BCUT2D eigenvalue weighted by Crippen LogP contribution is -2.58. The molecule has 0 radical (unpaired) electrons. The number of fused-ring (bicyclic) bond motifs is 1. The highest BCUT2D eigenvalue weighted by molar-refractivity contribution is 7.80. The Morgan fingerprint density at radius 3 is 2.00 bits per heavy atom. The molecule has 16 nitrogen and oxygen atoms in total. The Hall–Kier alpha value is -4.51. The van der Waals surface area contributed by atoms with Crippen molar-refractivity contribution in [1.29, 1.82) is 0 Å². The maximum absolute atomic E-state index is 13.5. The third kappa shape index (κ3) is 11.7. The van der Waals surface area contributed by atoms with E-state index >= 15 is 0 Å². The standard InChI is InChI=1S/C26H41N11O5S/c27-16(6-3-9-32-25(28)29)21(38)36-19(11-14-12-34-17-7-2-1-5-15(14)17)22(39)37-20(13-43)23(40)35-18(24(41)42)8-4-10-33-26(30)31/h1-2,5,7,12,16,18-20,34,43H,3-4,6,8-11,13,27H2,(H,35,40)(H,36,38)(H,37,39)(H,41,42)(H4,28,29,32)(H4,30,31,33). The molecule has 15 N–H and O–H groups in total. The summed E-state index contributed by atoms with van der Waals surface area (Å²) in [7, 11) is 0. The van der Waals surface area contributed by atoms with Crippen molar-refractivity contribution in [2.45, 2.75) is 56.3 Å². The van der Waals surface area contributed by atoms with Gasteiger partial charge in [0.2, 0.25) is 17.7 Å². The second kappa shape index (κ2) is 17.4. The highest BCUT2D eigenvalue weighted by Crippen LogP contribution is 2.19. The molecule has 236 valence electrons. The Kier molecular flexibility index (Phi) is 14.1. The number of benzene rings is 1. The summed E-state index contributed by atoms with van der Waals surface area (Å²) in [6.07, 6.45) is 2.83. The summed E-state index contributed by atoms with van der Waals surface area (Å²) in [5.74, 6) is -3.63. The van der Waals surface area contributed by atoms with Crippen molar-refractivity contribution in [2.75, 3.05) is 18.8 Å². The van der Waals surface area contributed by atoms with Crippen molar-refractivity contribution in [1.82, 2.24) is 20.9 Å². The van der Waals surface area contributed by atoms with Crippen molar-refractivity contribution < 1.29 is 24.3 Å². The smallest absolute Gasteiger partial charge is 0.326 e. The van der Waals surface area contributed by atoms with Crippen LogP contribution in [0.4, 0.5) is 0 Å². The van der Waals surface area contributed by atoms with E-state index in [2.05, 4.69) is 43.5 Å². The molecular formula is C26H41N11O5S. The number of carbonyl (C=O) groups is 4. The number of guanidine groups is 2. The molecule has 1 aromatic carbocycles. The summed E-state index contributed by atoms with van der Waals surface area (Å²) in [4.78, 5) is 61.9. The van der Waals surface area contributed by atoms with E-state index in [0.29, 0.717) is 6.42 Å². The van der Waals surface area contributed by atoms with Crippen LogP contribution in [0.25, 0.3) is 10.9 Å². The van der Waals surface area contributed by atoms with E-state index in [1.165, 1.54) is 0 Å². The van der Waals surface area contributed by atoms with Gasteiger partial charge in [-0.3, -0.25) is 24.4 Å². The van der Waals surface area contributed by atoms with Crippen molar-refractivity contribution >= 4 is 59.1 Å². The predicted molar refractivity (Wildman–Crippen MR) is 167 cm³/mol. The number of H-pyrrole nitrogens is 1. The summed E-state index contributed by atoms with van der Waals surface area (Å²) in [6, 6.07) is 2.92. The molecule has 2 rings (SSSR count). The minimum Gasteiger partial charge on any atom is -0.480 e. The van der Waals surface area contributed by atoms with Crippen LogP contribution in [0.1, 0.15) is 31.2 Å². The number of amides is 3. The van der Waals surface area contributed by atoms with E-state index < -0.39 is 47.9 Å². The number of carbonyl (C=O) groups excluding carboxylic acids is 3. The molecule has 43 heavy (non-hydrogen) atoms. The first-order valence-corrected chi connectivity index (χ1v) is 14.2. The Bertz CT molecular complexity index is 1310. The van der Waals surface area contributed by atoms with Gasteiger partial charge in [-0.25, -0.2) is 4.79 Å². The molecule has 1 aromatic heterocycles. The van der Waals surface area contributed by atoms with E-state index in [1.807, 2.05) is 24.3 Å². The minimum atomic E-state index is -1.26. The average molecular weight is 620 g/mol. The minimum absolute atomic E-state index is 0.0470. The highest BCUT2D eigenvalue weighted by atomic mass is 32.1. The number of para-hydroxylation sites is 1. The van der Waals surface area contributed by atoms with Gasteiger partial charge in [-0.1, -0.05) is 18.2 Å². The second-order valence-corrected chi connectivity index (χ2v) is 10.1. The number of carboxylic acids is 1. The Morgan fingerprint density at radius 2 is 1.40 bits per heavy atom. The molecule has 2 aromatic rings. The van der Waals surface area contributed by atoms with Crippen LogP contribution in [0.15, 0.2) is 40.4 Å². The van der Waals surface area contributed by atoms with Crippen LogP contribution in [-0.4, -0.2) is 88.7 Å². The van der Waals surface area contributed by atoms with Gasteiger partial charge >= 0.3 is 5.97 Å². The van der Waals surface area contributed by atoms with Crippen LogP contribution >= 0.6 is 12.6 Å². The fraction of sp³-hybridized carbons (Fsp3) is 0.462. The summed E-state index contributed by atoms with van der Waals surface area (Å²) in [6.45, 7) is 0.466. The summed E-state index contributed by atoms with van der Waals surface area (Å²) < 4.78 is 0. The molecule has 3 amide bonds. The molecule has 0 aliphatic rings. The number of hydrogen-bond donors (Lipinski definition) is 11. The topological polar surface area (TPSA) is 295 Å². The first-order chi connectivity index (χ1) is 20.4. The van der Waals surface area contributed by atoms with Gasteiger partial charge < -0.3 is 54.7 Å². The molecular weight excluding hydrogens is 578 g/mol. The predicted octanol–water partition coefficient (Wildman–Crippen LogP) is -2.39. The fourth-order valence-corrected chi connectivity index (χ4v) is 4.42. The largest absolute Gasteiger partial charge is 0.480 e. The van der Waals surface area contributed by atoms with Crippen molar-refractivity contribution in [2.24, 2.45) is 38.7 Å². The van der Waals surface area contributed by atoms with E-state index in [-0.39, 0.29) is 56.4 Å². The van der Waals surface area contributed by atoms with Gasteiger partial charge in [0.1, 0.15) is 18.1 Å². The molecule has 1 heterocycles. The van der Waals surface area contributed by atoms with Crippen LogP contribution in [0, 0.1) is 0 Å². The second-order valence-electron chi connectivity index (χ2n) is 9.77. The van der Waals surface area contributed by atoms with E-state index in [4.69, 9.17) is 28.7 Å². The summed E-state index contributed by atoms with van der Waals surface area (Å²) in [5.41, 5.74) is 28.8. The zero-order chi connectivity index (χ0) is 31.9. The molecule has 0 saturated carbocycles. The van der Waals surface area contributed by atoms with Gasteiger partial charge in [0.15, 0.2) is 11.9 Å². The zero-order valence-electron chi connectivity index (χ0n) is 23.7. The lowest BCUT2D eigenvalue weighted by Gasteiger charge is -2.24. The van der Waals surface area contributed by atoms with Crippen LogP contribution in [0.2, 0.25) is 0 Å². The number of nitrogens with two attached hydrogens (primary N) is 5. The number of aliphatic imine (C=N–C) groups is 2. The monoisotopic (exact) mass is 619 g/mol. The first-order valence-electron chi connectivity index (χ1n) is 13.6. The number of rotatable bonds is 18. The van der Waals surface area contributed by atoms with Crippen molar-refractivity contribution in [3.63, 3.8) is 0 Å². The van der Waals surface area contributed by atoms with Crippen LogP contribution < -0.4 is 44.6 Å². The molecule has 17 heteroatoms. The Balaban J connectivity index is 2.16. The number of aliphatic carboxylic acids is 1. The van der Waals surface area contributed by atoms with E-state index in [0.717, 1.165) is 16.5 Å². The summed E-state index contributed by atoms with van der Waals surface area (Å²) in [5, 5.41) is 18.1. The number of nitrogens with zero attached hydrogens (tertiary/aromatic N) is 2. The zero-order valence-corrected chi connectivity index (χ0v) is 24.6. The number of aromatic nitrogens is 1. The molecule has 0 aliphatic heterocycles. The number of carboxylic acid groups (broad SMARTS) is 1. The van der Waals surface area contributed by atoms with Crippen LogP contribution in [0.3, 0.4) is 0 Å². The van der Waals surface area contributed by atoms with E-state index in [1.54, 1.807) is 6.20 Å². The molecule has 0 saturated heterocycles.